The number of phenols is 1. The van der Waals surface area contributed by atoms with Crippen molar-refractivity contribution in [3.05, 3.63) is 59.7 Å². The number of rotatable bonds is 4. The Morgan fingerprint density at radius 1 is 1.20 bits per heavy atom. The Morgan fingerprint density at radius 2 is 1.95 bits per heavy atom. The number of ether oxygens (including phenoxy) is 1. The van der Waals surface area contributed by atoms with Crippen LogP contribution in [-0.2, 0) is 0 Å². The van der Waals surface area contributed by atoms with Crippen LogP contribution in [0.4, 0.5) is 0 Å². The number of hydrazone groups is 1. The number of aromatic hydroxyl groups is 1. The van der Waals surface area contributed by atoms with Gasteiger partial charge in [-0.3, -0.25) is 4.79 Å². The van der Waals surface area contributed by atoms with Gasteiger partial charge in [0.25, 0.3) is 5.91 Å². The Labute approximate surface area is 116 Å². The minimum Gasteiger partial charge on any atom is -0.507 e. The minimum absolute atomic E-state index is 0.0297. The maximum Gasteiger partial charge on any atom is 0.271 e. The highest BCUT2D eigenvalue weighted by Crippen LogP contribution is 2.24. The molecule has 0 saturated heterocycles. The fraction of sp³-hybridized carbons (Fsp3) is 0.0667. The average molecular weight is 270 g/mol. The van der Waals surface area contributed by atoms with Crippen molar-refractivity contribution in [3.8, 4) is 11.5 Å². The Bertz CT molecular complexity index is 624. The summed E-state index contributed by atoms with van der Waals surface area (Å²) in [6, 6.07) is 13.6. The maximum atomic E-state index is 11.8. The first-order chi connectivity index (χ1) is 9.72. The van der Waals surface area contributed by atoms with Gasteiger partial charge in [-0.05, 0) is 24.3 Å². The third kappa shape index (κ3) is 3.14. The SMILES string of the molecule is COc1cccc(O)c1C=NNC(=O)c1ccccc1. The number of phenolic OH excluding ortho intramolecular Hbond substituents is 1. The van der Waals surface area contributed by atoms with E-state index in [0.29, 0.717) is 16.9 Å². The molecule has 102 valence electrons. The standard InChI is InChI=1S/C15H14N2O3/c1-20-14-9-5-8-13(18)12(14)10-16-17-15(19)11-6-3-2-4-7-11/h2-10,18H,1H3,(H,17,19). The fourth-order valence-corrected chi connectivity index (χ4v) is 1.65. The zero-order valence-corrected chi connectivity index (χ0v) is 10.9. The van der Waals surface area contributed by atoms with Gasteiger partial charge in [-0.15, -0.1) is 0 Å². The second-order valence-corrected chi connectivity index (χ2v) is 3.96. The van der Waals surface area contributed by atoms with Crippen LogP contribution >= 0.6 is 0 Å². The predicted octanol–water partition coefficient (Wildman–Crippen LogP) is 2.16. The molecule has 0 heterocycles. The van der Waals surface area contributed by atoms with Crippen LogP contribution in [0.25, 0.3) is 0 Å². The molecule has 0 aliphatic rings. The molecule has 0 saturated carbocycles. The van der Waals surface area contributed by atoms with Crippen LogP contribution in [0.3, 0.4) is 0 Å². The summed E-state index contributed by atoms with van der Waals surface area (Å²) in [4.78, 5) is 11.8. The molecule has 0 fully saturated rings. The van der Waals surface area contributed by atoms with Gasteiger partial charge in [0.1, 0.15) is 11.5 Å². The van der Waals surface area contributed by atoms with Gasteiger partial charge in [0.2, 0.25) is 0 Å². The van der Waals surface area contributed by atoms with Crippen molar-refractivity contribution in [3.63, 3.8) is 0 Å². The Kier molecular flexibility index (Phi) is 4.34. The summed E-state index contributed by atoms with van der Waals surface area (Å²) >= 11 is 0. The summed E-state index contributed by atoms with van der Waals surface area (Å²) in [5.41, 5.74) is 3.30. The lowest BCUT2D eigenvalue weighted by molar-refractivity contribution is 0.0955. The number of benzene rings is 2. The lowest BCUT2D eigenvalue weighted by atomic mass is 10.2. The zero-order valence-electron chi connectivity index (χ0n) is 10.9. The molecule has 0 radical (unpaired) electrons. The number of methoxy groups -OCH3 is 1. The Balaban J connectivity index is 2.10. The van der Waals surface area contributed by atoms with Gasteiger partial charge in [0, 0.05) is 5.56 Å². The highest BCUT2D eigenvalue weighted by molar-refractivity contribution is 5.95. The number of hydrogen-bond donors (Lipinski definition) is 2. The molecule has 0 unspecified atom stereocenters. The van der Waals surface area contributed by atoms with E-state index in [9.17, 15) is 9.90 Å². The first-order valence-corrected chi connectivity index (χ1v) is 5.97. The summed E-state index contributed by atoms with van der Waals surface area (Å²) in [7, 11) is 1.49. The van der Waals surface area contributed by atoms with Crippen LogP contribution < -0.4 is 10.2 Å². The fourth-order valence-electron chi connectivity index (χ4n) is 1.65. The quantitative estimate of drug-likeness (QED) is 0.660. The molecule has 0 aliphatic heterocycles. The normalized spacial score (nSPS) is 10.4. The molecule has 2 aromatic carbocycles. The smallest absolute Gasteiger partial charge is 0.271 e. The number of hydrogen-bond acceptors (Lipinski definition) is 4. The highest BCUT2D eigenvalue weighted by Gasteiger charge is 2.06. The van der Waals surface area contributed by atoms with Gasteiger partial charge in [0.15, 0.2) is 0 Å². The number of nitrogens with zero attached hydrogens (tertiary/aromatic N) is 1. The molecule has 0 aromatic heterocycles. The van der Waals surface area contributed by atoms with E-state index in [1.165, 1.54) is 19.4 Å². The van der Waals surface area contributed by atoms with Crippen LogP contribution in [0.1, 0.15) is 15.9 Å². The third-order valence-electron chi connectivity index (χ3n) is 2.66. The summed E-state index contributed by atoms with van der Waals surface area (Å²) < 4.78 is 5.10. The molecule has 0 spiro atoms. The molecular weight excluding hydrogens is 256 g/mol. The van der Waals surface area contributed by atoms with Crippen LogP contribution in [0, 0.1) is 0 Å². The van der Waals surface area contributed by atoms with Gasteiger partial charge < -0.3 is 9.84 Å². The van der Waals surface area contributed by atoms with E-state index in [2.05, 4.69) is 10.5 Å². The van der Waals surface area contributed by atoms with E-state index in [-0.39, 0.29) is 11.7 Å². The Morgan fingerprint density at radius 3 is 2.65 bits per heavy atom. The van der Waals surface area contributed by atoms with Crippen LogP contribution in [0.5, 0.6) is 11.5 Å². The van der Waals surface area contributed by atoms with E-state index in [4.69, 9.17) is 4.74 Å². The molecular formula is C15H14N2O3. The van der Waals surface area contributed by atoms with Gasteiger partial charge in [0.05, 0.1) is 18.9 Å². The first kappa shape index (κ1) is 13.6. The third-order valence-corrected chi connectivity index (χ3v) is 2.66. The molecule has 0 atom stereocenters. The molecule has 2 rings (SSSR count). The van der Waals surface area contributed by atoms with E-state index in [1.54, 1.807) is 36.4 Å². The van der Waals surface area contributed by atoms with Gasteiger partial charge in [-0.25, -0.2) is 5.43 Å². The second kappa shape index (κ2) is 6.38. The highest BCUT2D eigenvalue weighted by atomic mass is 16.5. The molecule has 5 nitrogen and oxygen atoms in total. The van der Waals surface area contributed by atoms with Crippen molar-refractivity contribution >= 4 is 12.1 Å². The predicted molar refractivity (Wildman–Crippen MR) is 76.2 cm³/mol. The largest absolute Gasteiger partial charge is 0.507 e. The zero-order chi connectivity index (χ0) is 14.4. The first-order valence-electron chi connectivity index (χ1n) is 5.97. The van der Waals surface area contributed by atoms with Gasteiger partial charge >= 0.3 is 0 Å². The van der Waals surface area contributed by atoms with Crippen molar-refractivity contribution in [1.29, 1.82) is 0 Å². The van der Waals surface area contributed by atoms with Crippen LogP contribution in [0.2, 0.25) is 0 Å². The Hall–Kier alpha value is -2.82. The molecule has 5 heteroatoms. The maximum absolute atomic E-state index is 11.8. The van der Waals surface area contributed by atoms with Gasteiger partial charge in [-0.2, -0.15) is 5.10 Å². The molecule has 0 bridgehead atoms. The number of amides is 1. The van der Waals surface area contributed by atoms with Crippen LogP contribution in [0.15, 0.2) is 53.6 Å². The van der Waals surface area contributed by atoms with Gasteiger partial charge in [-0.1, -0.05) is 24.3 Å². The van der Waals surface area contributed by atoms with Crippen molar-refractivity contribution < 1.29 is 14.6 Å². The average Bonchev–Trinajstić information content (AvgIpc) is 2.49. The molecule has 2 N–H and O–H groups in total. The summed E-state index contributed by atoms with van der Waals surface area (Å²) in [6.07, 6.45) is 1.34. The lowest BCUT2D eigenvalue weighted by Gasteiger charge is -2.05. The number of nitrogens with one attached hydrogen (secondary N) is 1. The van der Waals surface area contributed by atoms with Crippen molar-refractivity contribution in [1.82, 2.24) is 5.43 Å². The van der Waals surface area contributed by atoms with Crippen molar-refractivity contribution in [2.45, 2.75) is 0 Å². The lowest BCUT2D eigenvalue weighted by Crippen LogP contribution is -2.17. The van der Waals surface area contributed by atoms with Crippen molar-refractivity contribution in [2.75, 3.05) is 7.11 Å². The number of carbonyl (C=O) groups excluding carboxylic acids is 1. The second-order valence-electron chi connectivity index (χ2n) is 3.96. The topological polar surface area (TPSA) is 70.9 Å². The van der Waals surface area contributed by atoms with E-state index >= 15 is 0 Å². The summed E-state index contributed by atoms with van der Waals surface area (Å²) in [5, 5.41) is 13.5. The monoisotopic (exact) mass is 270 g/mol. The minimum atomic E-state index is -0.323. The van der Waals surface area contributed by atoms with E-state index < -0.39 is 0 Å². The molecule has 2 aromatic rings. The van der Waals surface area contributed by atoms with E-state index in [0.717, 1.165) is 0 Å². The molecule has 20 heavy (non-hydrogen) atoms. The van der Waals surface area contributed by atoms with Crippen LogP contribution in [-0.4, -0.2) is 24.3 Å². The van der Waals surface area contributed by atoms with E-state index in [1.807, 2.05) is 6.07 Å². The summed E-state index contributed by atoms with van der Waals surface area (Å²) in [6.45, 7) is 0. The molecule has 1 amide bonds. The molecule has 0 aliphatic carbocycles. The number of carbonyl (C=O) groups is 1. The van der Waals surface area contributed by atoms with Crippen molar-refractivity contribution in [2.24, 2.45) is 5.10 Å². The summed E-state index contributed by atoms with van der Waals surface area (Å²) in [5.74, 6) is 0.181.